The third-order valence-corrected chi connectivity index (χ3v) is 6.88. The van der Waals surface area contributed by atoms with E-state index in [9.17, 15) is 9.59 Å². The lowest BCUT2D eigenvalue weighted by Gasteiger charge is -2.19. The molecule has 7 heteroatoms. The SMILES string of the molecule is Cc1ccc(CN2C(=O)c3c(Cl)ccc(NSc4ccc(C(C)(C)C)cc4)c3C2=O)c(C)n1. The van der Waals surface area contributed by atoms with Crippen molar-refractivity contribution in [2.75, 3.05) is 4.72 Å². The third-order valence-electron chi connectivity index (χ3n) is 5.73. The predicted molar refractivity (Wildman–Crippen MR) is 134 cm³/mol. The minimum Gasteiger partial charge on any atom is -0.325 e. The van der Waals surface area contributed by atoms with Crippen molar-refractivity contribution in [2.45, 2.75) is 51.5 Å². The van der Waals surface area contributed by atoms with Gasteiger partial charge in [0.05, 0.1) is 28.4 Å². The number of imide groups is 1. The summed E-state index contributed by atoms with van der Waals surface area (Å²) in [6, 6.07) is 15.5. The van der Waals surface area contributed by atoms with Crippen LogP contribution in [0.15, 0.2) is 53.4 Å². The molecule has 0 spiro atoms. The molecule has 2 amide bonds. The fourth-order valence-electron chi connectivity index (χ4n) is 3.79. The molecule has 0 saturated heterocycles. The maximum absolute atomic E-state index is 13.3. The number of benzene rings is 2. The first kappa shape index (κ1) is 23.3. The number of rotatable bonds is 5. The molecule has 0 atom stereocenters. The summed E-state index contributed by atoms with van der Waals surface area (Å²) in [4.78, 5) is 33.1. The van der Waals surface area contributed by atoms with Gasteiger partial charge in [-0.25, -0.2) is 0 Å². The van der Waals surface area contributed by atoms with Crippen molar-refractivity contribution in [2.24, 2.45) is 0 Å². The highest BCUT2D eigenvalue weighted by Crippen LogP contribution is 2.37. The van der Waals surface area contributed by atoms with Crippen LogP contribution in [-0.4, -0.2) is 21.7 Å². The molecule has 4 rings (SSSR count). The van der Waals surface area contributed by atoms with E-state index >= 15 is 0 Å². The van der Waals surface area contributed by atoms with E-state index in [4.69, 9.17) is 11.6 Å². The summed E-state index contributed by atoms with van der Waals surface area (Å²) in [6.45, 7) is 10.5. The van der Waals surface area contributed by atoms with Crippen LogP contribution in [0, 0.1) is 13.8 Å². The minimum atomic E-state index is -0.386. The maximum atomic E-state index is 13.3. The number of hydrogen-bond donors (Lipinski definition) is 1. The van der Waals surface area contributed by atoms with Gasteiger partial charge in [0.25, 0.3) is 11.8 Å². The van der Waals surface area contributed by atoms with Gasteiger partial charge >= 0.3 is 0 Å². The molecule has 5 nitrogen and oxygen atoms in total. The summed E-state index contributed by atoms with van der Waals surface area (Å²) >= 11 is 7.74. The Morgan fingerprint density at radius 1 is 0.939 bits per heavy atom. The van der Waals surface area contributed by atoms with Gasteiger partial charge in [-0.1, -0.05) is 50.6 Å². The van der Waals surface area contributed by atoms with Crippen molar-refractivity contribution in [3.05, 3.63) is 87.2 Å². The number of nitrogens with one attached hydrogen (secondary N) is 1. The number of nitrogens with zero attached hydrogens (tertiary/aromatic N) is 2. The summed E-state index contributed by atoms with van der Waals surface area (Å²) in [5.74, 6) is -0.744. The Hall–Kier alpha value is -2.83. The van der Waals surface area contributed by atoms with Gasteiger partial charge in [0.1, 0.15) is 0 Å². The average molecular weight is 480 g/mol. The Morgan fingerprint density at radius 2 is 1.61 bits per heavy atom. The minimum absolute atomic E-state index is 0.0786. The van der Waals surface area contributed by atoms with Gasteiger partial charge in [-0.05, 0) is 72.7 Å². The molecule has 1 aromatic heterocycles. The van der Waals surface area contributed by atoms with Crippen LogP contribution in [0.4, 0.5) is 5.69 Å². The number of pyridine rings is 1. The molecule has 170 valence electrons. The number of carbonyl (C=O) groups excluding carboxylic acids is 2. The van der Waals surface area contributed by atoms with Gasteiger partial charge in [0.2, 0.25) is 0 Å². The highest BCUT2D eigenvalue weighted by atomic mass is 35.5. The van der Waals surface area contributed by atoms with Crippen LogP contribution in [0.25, 0.3) is 0 Å². The van der Waals surface area contributed by atoms with Gasteiger partial charge in [-0.15, -0.1) is 0 Å². The largest absolute Gasteiger partial charge is 0.325 e. The number of halogens is 1. The summed E-state index contributed by atoms with van der Waals surface area (Å²) in [6.07, 6.45) is 0. The Balaban J connectivity index is 1.58. The van der Waals surface area contributed by atoms with Crippen LogP contribution in [0.1, 0.15) is 64.0 Å². The van der Waals surface area contributed by atoms with Crippen LogP contribution >= 0.6 is 23.5 Å². The van der Waals surface area contributed by atoms with E-state index < -0.39 is 0 Å². The Morgan fingerprint density at radius 3 is 2.24 bits per heavy atom. The van der Waals surface area contributed by atoms with Crippen molar-refractivity contribution in [1.82, 2.24) is 9.88 Å². The summed E-state index contributed by atoms with van der Waals surface area (Å²) < 4.78 is 3.25. The first-order chi connectivity index (χ1) is 15.6. The molecule has 0 fully saturated rings. The lowest BCUT2D eigenvalue weighted by molar-refractivity contribution is 0.0642. The third kappa shape index (κ3) is 4.63. The second kappa shape index (κ2) is 8.84. The average Bonchev–Trinajstić information content (AvgIpc) is 3.00. The Kier molecular flexibility index (Phi) is 6.25. The number of aryl methyl sites for hydroxylation is 2. The molecule has 1 aliphatic rings. The Labute approximate surface area is 203 Å². The lowest BCUT2D eigenvalue weighted by atomic mass is 9.87. The van der Waals surface area contributed by atoms with Crippen LogP contribution in [0.2, 0.25) is 5.02 Å². The molecular weight excluding hydrogens is 454 g/mol. The first-order valence-corrected chi connectivity index (χ1v) is 11.9. The fourth-order valence-corrected chi connectivity index (χ4v) is 4.70. The number of carbonyl (C=O) groups is 2. The molecular formula is C26H26ClN3O2S. The molecule has 0 radical (unpaired) electrons. The standard InChI is InChI=1S/C26H26ClN3O2S/c1-15-6-7-17(16(2)28-15)14-30-24(31)22-20(27)12-13-21(23(22)25(30)32)29-33-19-10-8-18(9-11-19)26(3,4)5/h6-13,29H,14H2,1-5H3. The summed E-state index contributed by atoms with van der Waals surface area (Å²) in [5, 5.41) is 0.273. The number of anilines is 1. The van der Waals surface area contributed by atoms with E-state index in [2.05, 4.69) is 42.6 Å². The van der Waals surface area contributed by atoms with Crippen LogP contribution < -0.4 is 4.72 Å². The van der Waals surface area contributed by atoms with E-state index in [0.29, 0.717) is 11.3 Å². The van der Waals surface area contributed by atoms with Gasteiger partial charge in [-0.2, -0.15) is 0 Å². The molecule has 2 aromatic carbocycles. The van der Waals surface area contributed by atoms with Crippen molar-refractivity contribution in [1.29, 1.82) is 0 Å². The van der Waals surface area contributed by atoms with Crippen molar-refractivity contribution in [3.63, 3.8) is 0 Å². The van der Waals surface area contributed by atoms with Crippen LogP contribution in [0.5, 0.6) is 0 Å². The summed E-state index contributed by atoms with van der Waals surface area (Å²) in [5.41, 5.74) is 4.96. The topological polar surface area (TPSA) is 62.3 Å². The number of amides is 2. The number of fused-ring (bicyclic) bond motifs is 1. The normalized spacial score (nSPS) is 13.5. The smallest absolute Gasteiger partial charge is 0.264 e. The quantitative estimate of drug-likeness (QED) is 0.331. The second-order valence-corrected chi connectivity index (χ2v) is 10.5. The molecule has 1 aliphatic heterocycles. The van der Waals surface area contributed by atoms with Gasteiger partial charge in [-0.3, -0.25) is 19.5 Å². The molecule has 0 aliphatic carbocycles. The highest BCUT2D eigenvalue weighted by molar-refractivity contribution is 8.00. The second-order valence-electron chi connectivity index (χ2n) is 9.22. The van der Waals surface area contributed by atoms with Gasteiger partial charge in [0.15, 0.2) is 0 Å². The van der Waals surface area contributed by atoms with E-state index in [0.717, 1.165) is 21.8 Å². The highest BCUT2D eigenvalue weighted by Gasteiger charge is 2.39. The number of hydrogen-bond acceptors (Lipinski definition) is 5. The van der Waals surface area contributed by atoms with Crippen molar-refractivity contribution >= 4 is 41.1 Å². The first-order valence-electron chi connectivity index (χ1n) is 10.7. The zero-order valence-electron chi connectivity index (χ0n) is 19.3. The van der Waals surface area contributed by atoms with Crippen molar-refractivity contribution in [3.8, 4) is 0 Å². The Bertz CT molecular complexity index is 1250. The molecule has 0 saturated carbocycles. The molecule has 3 aromatic rings. The zero-order chi connectivity index (χ0) is 23.9. The predicted octanol–water partition coefficient (Wildman–Crippen LogP) is 6.56. The monoisotopic (exact) mass is 479 g/mol. The van der Waals surface area contributed by atoms with E-state index in [1.165, 1.54) is 22.4 Å². The molecule has 33 heavy (non-hydrogen) atoms. The van der Waals surface area contributed by atoms with Crippen molar-refractivity contribution < 1.29 is 9.59 Å². The molecule has 0 bridgehead atoms. The number of aromatic nitrogens is 1. The van der Waals surface area contributed by atoms with Gasteiger partial charge < -0.3 is 4.72 Å². The fraction of sp³-hybridized carbons (Fsp3) is 0.269. The maximum Gasteiger partial charge on any atom is 0.264 e. The summed E-state index contributed by atoms with van der Waals surface area (Å²) in [7, 11) is 0. The van der Waals surface area contributed by atoms with E-state index in [1.54, 1.807) is 12.1 Å². The zero-order valence-corrected chi connectivity index (χ0v) is 20.9. The van der Waals surface area contributed by atoms with Gasteiger partial charge in [0, 0.05) is 16.3 Å². The molecule has 0 unspecified atom stereocenters. The van der Waals surface area contributed by atoms with E-state index in [-0.39, 0.29) is 34.4 Å². The lowest BCUT2D eigenvalue weighted by Crippen LogP contribution is -2.29. The molecule has 1 N–H and O–H groups in total. The van der Waals surface area contributed by atoms with Crippen LogP contribution in [0.3, 0.4) is 0 Å². The molecule has 2 heterocycles. The van der Waals surface area contributed by atoms with E-state index in [1.807, 2.05) is 38.1 Å². The van der Waals surface area contributed by atoms with Crippen LogP contribution in [-0.2, 0) is 12.0 Å².